The highest BCUT2D eigenvalue weighted by atomic mass is 35.5. The van der Waals surface area contributed by atoms with Crippen LogP contribution in [-0.4, -0.2) is 21.5 Å². The lowest BCUT2D eigenvalue weighted by atomic mass is 10.3. The van der Waals surface area contributed by atoms with E-state index in [1.807, 2.05) is 0 Å². The average molecular weight is 251 g/mol. The maximum Gasteiger partial charge on any atom is 0.301 e. The van der Waals surface area contributed by atoms with Gasteiger partial charge in [0.1, 0.15) is 5.82 Å². The van der Waals surface area contributed by atoms with Crippen LogP contribution in [0, 0.1) is 5.82 Å². The number of anilines is 1. The number of hydrogen-bond acceptors (Lipinski definition) is 2. The fraction of sp³-hybridized carbons (Fsp3) is 0.250. The van der Waals surface area contributed by atoms with Crippen molar-refractivity contribution in [2.75, 3.05) is 17.4 Å². The minimum atomic E-state index is -3.47. The SMILES string of the molecule is O=S1(=O)NCCN1c1ccc(F)c(Cl)c1. The molecule has 4 nitrogen and oxygen atoms in total. The monoisotopic (exact) mass is 250 g/mol. The fourth-order valence-electron chi connectivity index (χ4n) is 1.38. The van der Waals surface area contributed by atoms with Gasteiger partial charge in [-0.15, -0.1) is 0 Å². The molecule has 0 radical (unpaired) electrons. The molecule has 0 saturated carbocycles. The predicted molar refractivity (Wildman–Crippen MR) is 55.7 cm³/mol. The summed E-state index contributed by atoms with van der Waals surface area (Å²) in [5, 5.41) is -0.0883. The lowest BCUT2D eigenvalue weighted by Gasteiger charge is -2.15. The third-order valence-electron chi connectivity index (χ3n) is 2.08. The molecule has 0 amide bonds. The molecule has 82 valence electrons. The Morgan fingerprint density at radius 3 is 2.73 bits per heavy atom. The van der Waals surface area contributed by atoms with Gasteiger partial charge in [-0.2, -0.15) is 13.1 Å². The first-order chi connectivity index (χ1) is 7.00. The summed E-state index contributed by atoms with van der Waals surface area (Å²) in [6.45, 7) is 0.668. The topological polar surface area (TPSA) is 49.4 Å². The maximum atomic E-state index is 12.9. The molecule has 0 unspecified atom stereocenters. The number of hydrogen-bond donors (Lipinski definition) is 1. The van der Waals surface area contributed by atoms with E-state index in [0.717, 1.165) is 10.4 Å². The van der Waals surface area contributed by atoms with Gasteiger partial charge >= 0.3 is 10.2 Å². The summed E-state index contributed by atoms with van der Waals surface area (Å²) in [4.78, 5) is 0. The Labute approximate surface area is 91.8 Å². The molecule has 1 aromatic carbocycles. The van der Waals surface area contributed by atoms with Crippen LogP contribution >= 0.6 is 11.6 Å². The maximum absolute atomic E-state index is 12.9. The minimum Gasteiger partial charge on any atom is -0.256 e. The predicted octanol–water partition coefficient (Wildman–Crippen LogP) is 1.13. The molecule has 1 aliphatic rings. The molecule has 1 N–H and O–H groups in total. The number of benzene rings is 1. The van der Waals surface area contributed by atoms with Crippen LogP contribution in [0.1, 0.15) is 0 Å². The van der Waals surface area contributed by atoms with Crippen LogP contribution in [0.4, 0.5) is 10.1 Å². The normalized spacial score (nSPS) is 19.5. The van der Waals surface area contributed by atoms with Gasteiger partial charge in [0.25, 0.3) is 0 Å². The van der Waals surface area contributed by atoms with E-state index in [4.69, 9.17) is 11.6 Å². The van der Waals surface area contributed by atoms with Gasteiger partial charge in [-0.05, 0) is 18.2 Å². The molecule has 7 heteroatoms. The van der Waals surface area contributed by atoms with E-state index in [1.165, 1.54) is 12.1 Å². The highest BCUT2D eigenvalue weighted by Gasteiger charge is 2.28. The quantitative estimate of drug-likeness (QED) is 0.813. The van der Waals surface area contributed by atoms with Crippen molar-refractivity contribution in [3.8, 4) is 0 Å². The highest BCUT2D eigenvalue weighted by Crippen LogP contribution is 2.25. The summed E-state index contributed by atoms with van der Waals surface area (Å²) >= 11 is 5.57. The Hall–Kier alpha value is -0.850. The Morgan fingerprint density at radius 2 is 2.20 bits per heavy atom. The summed E-state index contributed by atoms with van der Waals surface area (Å²) in [5.41, 5.74) is 0.367. The first-order valence-electron chi connectivity index (χ1n) is 4.23. The molecule has 1 fully saturated rings. The third kappa shape index (κ3) is 1.92. The van der Waals surface area contributed by atoms with Crippen molar-refractivity contribution in [2.24, 2.45) is 0 Å². The number of rotatable bonds is 1. The van der Waals surface area contributed by atoms with Crippen molar-refractivity contribution in [1.29, 1.82) is 0 Å². The van der Waals surface area contributed by atoms with E-state index < -0.39 is 16.0 Å². The molecule has 1 aliphatic heterocycles. The summed E-state index contributed by atoms with van der Waals surface area (Å²) in [6, 6.07) is 3.82. The zero-order valence-corrected chi connectivity index (χ0v) is 9.15. The molecule has 0 bridgehead atoms. The second-order valence-corrected chi connectivity index (χ2v) is 5.16. The number of halogens is 2. The van der Waals surface area contributed by atoms with Crippen LogP contribution in [-0.2, 0) is 10.2 Å². The molecule has 1 saturated heterocycles. The zero-order chi connectivity index (χ0) is 11.1. The van der Waals surface area contributed by atoms with E-state index in [0.29, 0.717) is 18.8 Å². The molecule has 0 aliphatic carbocycles. The molecule has 0 spiro atoms. The van der Waals surface area contributed by atoms with Gasteiger partial charge in [-0.3, -0.25) is 4.31 Å². The second-order valence-electron chi connectivity index (χ2n) is 3.07. The molecule has 1 aromatic rings. The minimum absolute atomic E-state index is 0.0883. The molecule has 15 heavy (non-hydrogen) atoms. The first kappa shape index (κ1) is 10.7. The molecule has 1 heterocycles. The smallest absolute Gasteiger partial charge is 0.256 e. The molecule has 0 atom stereocenters. The zero-order valence-electron chi connectivity index (χ0n) is 7.57. The van der Waals surface area contributed by atoms with E-state index in [-0.39, 0.29) is 5.02 Å². The van der Waals surface area contributed by atoms with Crippen LogP contribution < -0.4 is 9.03 Å². The summed E-state index contributed by atoms with van der Waals surface area (Å²) in [7, 11) is -3.47. The molecule has 0 aromatic heterocycles. The van der Waals surface area contributed by atoms with Crippen LogP contribution in [0.25, 0.3) is 0 Å². The average Bonchev–Trinajstić information content (AvgIpc) is 2.50. The van der Waals surface area contributed by atoms with Gasteiger partial charge in [0, 0.05) is 13.1 Å². The van der Waals surface area contributed by atoms with Gasteiger partial charge in [0.05, 0.1) is 10.7 Å². The van der Waals surface area contributed by atoms with E-state index in [9.17, 15) is 12.8 Å². The molecule has 2 rings (SSSR count). The van der Waals surface area contributed by atoms with Crippen molar-refractivity contribution in [1.82, 2.24) is 4.72 Å². The van der Waals surface area contributed by atoms with Crippen molar-refractivity contribution >= 4 is 27.5 Å². The van der Waals surface area contributed by atoms with Gasteiger partial charge in [-0.25, -0.2) is 4.39 Å². The highest BCUT2D eigenvalue weighted by molar-refractivity contribution is 7.91. The van der Waals surface area contributed by atoms with Gasteiger partial charge in [0.2, 0.25) is 0 Å². The van der Waals surface area contributed by atoms with Gasteiger partial charge < -0.3 is 0 Å². The lowest BCUT2D eigenvalue weighted by molar-refractivity contribution is 0.591. The second kappa shape index (κ2) is 3.62. The summed E-state index contributed by atoms with van der Waals surface area (Å²) in [6.07, 6.45) is 0. The fourth-order valence-corrected chi connectivity index (χ4v) is 2.78. The lowest BCUT2D eigenvalue weighted by Crippen LogP contribution is -2.29. The Balaban J connectivity index is 2.42. The van der Waals surface area contributed by atoms with Crippen LogP contribution in [0.2, 0.25) is 5.02 Å². The van der Waals surface area contributed by atoms with Gasteiger partial charge in [0.15, 0.2) is 0 Å². The largest absolute Gasteiger partial charge is 0.301 e. The van der Waals surface area contributed by atoms with Crippen molar-refractivity contribution in [2.45, 2.75) is 0 Å². The third-order valence-corrected chi connectivity index (χ3v) is 3.91. The van der Waals surface area contributed by atoms with E-state index in [1.54, 1.807) is 0 Å². The Kier molecular flexibility index (Phi) is 2.57. The van der Waals surface area contributed by atoms with E-state index in [2.05, 4.69) is 4.72 Å². The summed E-state index contributed by atoms with van der Waals surface area (Å²) in [5.74, 6) is -0.565. The van der Waals surface area contributed by atoms with E-state index >= 15 is 0 Å². The number of nitrogens with zero attached hydrogens (tertiary/aromatic N) is 1. The van der Waals surface area contributed by atoms with Crippen molar-refractivity contribution < 1.29 is 12.8 Å². The van der Waals surface area contributed by atoms with Crippen molar-refractivity contribution in [3.63, 3.8) is 0 Å². The Bertz CT molecular complexity index is 491. The van der Waals surface area contributed by atoms with Crippen LogP contribution in [0.15, 0.2) is 18.2 Å². The first-order valence-corrected chi connectivity index (χ1v) is 6.05. The van der Waals surface area contributed by atoms with Gasteiger partial charge in [-0.1, -0.05) is 11.6 Å². The van der Waals surface area contributed by atoms with Crippen LogP contribution in [0.3, 0.4) is 0 Å². The van der Waals surface area contributed by atoms with Crippen LogP contribution in [0.5, 0.6) is 0 Å². The summed E-state index contributed by atoms with van der Waals surface area (Å²) < 4.78 is 39.2. The van der Waals surface area contributed by atoms with Crippen molar-refractivity contribution in [3.05, 3.63) is 29.0 Å². The Morgan fingerprint density at radius 1 is 1.47 bits per heavy atom. The molecular formula is C8H8ClFN2O2S. The molecular weight excluding hydrogens is 243 g/mol. The standard InChI is InChI=1S/C8H8ClFN2O2S/c9-7-5-6(1-2-8(7)10)12-4-3-11-15(12,13)14/h1-2,5,11H,3-4H2. The number of nitrogens with one attached hydrogen (secondary N) is 1.